The van der Waals surface area contributed by atoms with Crippen LogP contribution in [0.2, 0.25) is 0 Å². The van der Waals surface area contributed by atoms with Gasteiger partial charge in [-0.25, -0.2) is 0 Å². The second kappa shape index (κ2) is 7.56. The Morgan fingerprint density at radius 2 is 2.00 bits per heavy atom. The minimum Gasteiger partial charge on any atom is -0.308 e. The Hall–Kier alpha value is -1.00. The molecule has 2 unspecified atom stereocenters. The van der Waals surface area contributed by atoms with Crippen LogP contribution in [-0.2, 0) is 0 Å². The fourth-order valence-electron chi connectivity index (χ4n) is 2.66. The Morgan fingerprint density at radius 3 is 2.68 bits per heavy atom. The van der Waals surface area contributed by atoms with E-state index in [4.69, 9.17) is 0 Å². The average Bonchev–Trinajstić information content (AvgIpc) is 2.47. The lowest BCUT2D eigenvalue weighted by Gasteiger charge is -2.29. The van der Waals surface area contributed by atoms with Crippen molar-refractivity contribution in [2.45, 2.75) is 39.2 Å². The van der Waals surface area contributed by atoms with Crippen molar-refractivity contribution in [2.24, 2.45) is 5.92 Å². The van der Waals surface area contributed by atoms with Gasteiger partial charge in [0.25, 0.3) is 0 Å². The zero-order valence-electron chi connectivity index (χ0n) is 12.2. The Labute approximate surface area is 116 Å². The molecule has 4 nitrogen and oxygen atoms in total. The first-order chi connectivity index (χ1) is 9.25. The van der Waals surface area contributed by atoms with Crippen molar-refractivity contribution in [3.05, 3.63) is 24.3 Å². The van der Waals surface area contributed by atoms with Gasteiger partial charge in [0, 0.05) is 31.2 Å². The molecular weight excluding hydrogens is 236 g/mol. The minimum absolute atomic E-state index is 0.275. The standard InChI is InChI=1S/C15H26N4/c1-13(12-19-8-4-3-5-9-19)10-18-14(2)15-11-16-6-7-17-15/h6-7,11,13-14,18H,3-5,8-10,12H2,1-2H3. The Balaban J connectivity index is 1.69. The summed E-state index contributed by atoms with van der Waals surface area (Å²) in [5.74, 6) is 0.678. The summed E-state index contributed by atoms with van der Waals surface area (Å²) in [5.41, 5.74) is 1.02. The third kappa shape index (κ3) is 4.88. The number of aromatic nitrogens is 2. The molecule has 1 saturated heterocycles. The second-order valence-electron chi connectivity index (χ2n) is 5.73. The summed E-state index contributed by atoms with van der Waals surface area (Å²) in [6, 6.07) is 0.275. The highest BCUT2D eigenvalue weighted by atomic mass is 15.1. The van der Waals surface area contributed by atoms with Crippen LogP contribution in [0.4, 0.5) is 0 Å². The number of likely N-dealkylation sites (tertiary alicyclic amines) is 1. The fraction of sp³-hybridized carbons (Fsp3) is 0.733. The Bertz CT molecular complexity index is 348. The van der Waals surface area contributed by atoms with Gasteiger partial charge < -0.3 is 10.2 Å². The van der Waals surface area contributed by atoms with Crippen LogP contribution in [0.1, 0.15) is 44.8 Å². The molecule has 2 heterocycles. The molecule has 4 heteroatoms. The van der Waals surface area contributed by atoms with Crippen molar-refractivity contribution >= 4 is 0 Å². The summed E-state index contributed by atoms with van der Waals surface area (Å²) < 4.78 is 0. The van der Waals surface area contributed by atoms with Gasteiger partial charge in [-0.1, -0.05) is 13.3 Å². The predicted molar refractivity (Wildman–Crippen MR) is 77.9 cm³/mol. The lowest BCUT2D eigenvalue weighted by atomic mass is 10.1. The van der Waals surface area contributed by atoms with Crippen LogP contribution in [0.5, 0.6) is 0 Å². The number of piperidine rings is 1. The van der Waals surface area contributed by atoms with Crippen molar-refractivity contribution in [3.8, 4) is 0 Å². The van der Waals surface area contributed by atoms with Gasteiger partial charge in [0.15, 0.2) is 0 Å². The first-order valence-corrected chi connectivity index (χ1v) is 7.47. The van der Waals surface area contributed by atoms with Crippen LogP contribution in [-0.4, -0.2) is 41.0 Å². The highest BCUT2D eigenvalue weighted by Crippen LogP contribution is 2.12. The molecule has 1 aliphatic rings. The summed E-state index contributed by atoms with van der Waals surface area (Å²) in [5, 5.41) is 3.56. The third-order valence-electron chi connectivity index (χ3n) is 3.82. The Morgan fingerprint density at radius 1 is 1.21 bits per heavy atom. The first kappa shape index (κ1) is 14.4. The van der Waals surface area contributed by atoms with Gasteiger partial charge in [0.05, 0.1) is 5.69 Å². The average molecular weight is 262 g/mol. The van der Waals surface area contributed by atoms with Crippen molar-refractivity contribution < 1.29 is 0 Å². The Kier molecular flexibility index (Phi) is 5.73. The topological polar surface area (TPSA) is 41.1 Å². The van der Waals surface area contributed by atoms with E-state index in [9.17, 15) is 0 Å². The molecule has 0 bridgehead atoms. The van der Waals surface area contributed by atoms with E-state index in [1.54, 1.807) is 12.4 Å². The maximum absolute atomic E-state index is 4.34. The zero-order chi connectivity index (χ0) is 13.5. The van der Waals surface area contributed by atoms with E-state index in [0.717, 1.165) is 12.2 Å². The molecule has 0 aliphatic carbocycles. The van der Waals surface area contributed by atoms with Crippen molar-refractivity contribution in [2.75, 3.05) is 26.2 Å². The molecule has 0 saturated carbocycles. The highest BCUT2D eigenvalue weighted by Gasteiger charge is 2.14. The quantitative estimate of drug-likeness (QED) is 0.853. The molecule has 1 aromatic heterocycles. The van der Waals surface area contributed by atoms with Gasteiger partial charge in [-0.05, 0) is 45.3 Å². The molecule has 0 radical (unpaired) electrons. The van der Waals surface area contributed by atoms with Gasteiger partial charge in [-0.2, -0.15) is 0 Å². The number of rotatable bonds is 6. The van der Waals surface area contributed by atoms with Gasteiger partial charge in [0.2, 0.25) is 0 Å². The summed E-state index contributed by atoms with van der Waals surface area (Å²) in [6.45, 7) is 9.28. The van der Waals surface area contributed by atoms with Crippen LogP contribution in [0.3, 0.4) is 0 Å². The molecule has 2 rings (SSSR count). The molecule has 1 fully saturated rings. The smallest absolute Gasteiger partial charge is 0.0753 e. The van der Waals surface area contributed by atoms with E-state index < -0.39 is 0 Å². The fourth-order valence-corrected chi connectivity index (χ4v) is 2.66. The molecule has 1 aliphatic heterocycles. The molecule has 2 atom stereocenters. The largest absolute Gasteiger partial charge is 0.308 e. The molecule has 106 valence electrons. The van der Waals surface area contributed by atoms with E-state index in [2.05, 4.69) is 34.0 Å². The van der Waals surface area contributed by atoms with Gasteiger partial charge in [0.1, 0.15) is 0 Å². The number of nitrogens with zero attached hydrogens (tertiary/aromatic N) is 3. The van der Waals surface area contributed by atoms with E-state index >= 15 is 0 Å². The summed E-state index contributed by atoms with van der Waals surface area (Å²) >= 11 is 0. The lowest BCUT2D eigenvalue weighted by Crippen LogP contribution is -2.37. The third-order valence-corrected chi connectivity index (χ3v) is 3.82. The summed E-state index contributed by atoms with van der Waals surface area (Å²) in [7, 11) is 0. The number of hydrogen-bond donors (Lipinski definition) is 1. The number of hydrogen-bond acceptors (Lipinski definition) is 4. The van der Waals surface area contributed by atoms with Gasteiger partial charge >= 0.3 is 0 Å². The SMILES string of the molecule is CC(CNC(C)c1cnccn1)CN1CCCCC1. The van der Waals surface area contributed by atoms with E-state index in [0.29, 0.717) is 5.92 Å². The van der Waals surface area contributed by atoms with Crippen LogP contribution in [0.15, 0.2) is 18.6 Å². The molecular formula is C15H26N4. The molecule has 0 spiro atoms. The van der Waals surface area contributed by atoms with E-state index in [1.165, 1.54) is 38.9 Å². The normalized spacial score (nSPS) is 20.1. The monoisotopic (exact) mass is 262 g/mol. The maximum atomic E-state index is 4.34. The minimum atomic E-state index is 0.275. The van der Waals surface area contributed by atoms with Gasteiger partial charge in [-0.15, -0.1) is 0 Å². The van der Waals surface area contributed by atoms with Crippen molar-refractivity contribution in [1.29, 1.82) is 0 Å². The van der Waals surface area contributed by atoms with Crippen LogP contribution in [0.25, 0.3) is 0 Å². The van der Waals surface area contributed by atoms with Crippen LogP contribution >= 0.6 is 0 Å². The van der Waals surface area contributed by atoms with E-state index in [-0.39, 0.29) is 6.04 Å². The van der Waals surface area contributed by atoms with Crippen molar-refractivity contribution in [3.63, 3.8) is 0 Å². The maximum Gasteiger partial charge on any atom is 0.0753 e. The lowest BCUT2D eigenvalue weighted by molar-refractivity contribution is 0.197. The number of nitrogens with one attached hydrogen (secondary N) is 1. The van der Waals surface area contributed by atoms with Crippen LogP contribution in [0, 0.1) is 5.92 Å². The highest BCUT2D eigenvalue weighted by molar-refractivity contribution is 5.00. The first-order valence-electron chi connectivity index (χ1n) is 7.47. The van der Waals surface area contributed by atoms with Gasteiger partial charge in [-0.3, -0.25) is 9.97 Å². The van der Waals surface area contributed by atoms with Crippen molar-refractivity contribution in [1.82, 2.24) is 20.2 Å². The molecule has 0 amide bonds. The molecule has 0 aromatic carbocycles. The molecule has 1 N–H and O–H groups in total. The van der Waals surface area contributed by atoms with Crippen LogP contribution < -0.4 is 5.32 Å². The summed E-state index contributed by atoms with van der Waals surface area (Å²) in [6.07, 6.45) is 9.46. The zero-order valence-corrected chi connectivity index (χ0v) is 12.2. The molecule has 1 aromatic rings. The second-order valence-corrected chi connectivity index (χ2v) is 5.73. The molecule has 19 heavy (non-hydrogen) atoms. The predicted octanol–water partition coefficient (Wildman–Crippen LogP) is 2.25. The summed E-state index contributed by atoms with van der Waals surface area (Å²) in [4.78, 5) is 11.1. The van der Waals surface area contributed by atoms with E-state index in [1.807, 2.05) is 6.20 Å².